The molecular formula is C28H35N3O7. The Morgan fingerprint density at radius 1 is 0.789 bits per heavy atom. The Labute approximate surface area is 222 Å². The van der Waals surface area contributed by atoms with E-state index in [0.29, 0.717) is 0 Å². The van der Waals surface area contributed by atoms with Crippen molar-refractivity contribution in [2.45, 2.75) is 64.8 Å². The van der Waals surface area contributed by atoms with Crippen molar-refractivity contribution in [3.63, 3.8) is 0 Å². The van der Waals surface area contributed by atoms with E-state index < -0.39 is 47.8 Å². The van der Waals surface area contributed by atoms with Crippen LogP contribution in [0.25, 0.3) is 0 Å². The van der Waals surface area contributed by atoms with Gasteiger partial charge < -0.3 is 25.8 Å². The first kappa shape index (κ1) is 30.0. The number of hydrogen-bond donors (Lipinski definition) is 4. The molecule has 10 nitrogen and oxygen atoms in total. The molecule has 0 radical (unpaired) electrons. The van der Waals surface area contributed by atoms with Crippen LogP contribution >= 0.6 is 0 Å². The average molecular weight is 526 g/mol. The fourth-order valence-corrected chi connectivity index (χ4v) is 3.67. The molecule has 0 saturated carbocycles. The van der Waals surface area contributed by atoms with Gasteiger partial charge in [-0.3, -0.25) is 14.4 Å². The minimum atomic E-state index is -1.25. The van der Waals surface area contributed by atoms with Crippen LogP contribution in [0.5, 0.6) is 0 Å². The van der Waals surface area contributed by atoms with Gasteiger partial charge in [0.25, 0.3) is 5.91 Å². The highest BCUT2D eigenvalue weighted by Gasteiger charge is 2.32. The molecule has 3 amide bonds. The van der Waals surface area contributed by atoms with Crippen LogP contribution < -0.4 is 16.0 Å². The van der Waals surface area contributed by atoms with E-state index in [-0.39, 0.29) is 31.8 Å². The fraction of sp³-hybridized carbons (Fsp3) is 0.393. The number of Topliss-reactive ketones (excluding diaryl/α,β-unsaturated/α-hetero) is 1. The Hall–Kier alpha value is -4.21. The molecule has 0 heterocycles. The number of carbonyl (C=O) groups excluding carboxylic acids is 4. The topological polar surface area (TPSA) is 151 Å². The molecule has 204 valence electrons. The summed E-state index contributed by atoms with van der Waals surface area (Å²) in [4.78, 5) is 62.4. The molecule has 0 spiro atoms. The van der Waals surface area contributed by atoms with E-state index in [9.17, 15) is 29.1 Å². The van der Waals surface area contributed by atoms with E-state index in [0.717, 1.165) is 11.1 Å². The van der Waals surface area contributed by atoms with Crippen LogP contribution in [0.2, 0.25) is 0 Å². The predicted molar refractivity (Wildman–Crippen MR) is 140 cm³/mol. The number of nitrogens with one attached hydrogen (secondary N) is 3. The molecule has 2 aromatic rings. The fourth-order valence-electron chi connectivity index (χ4n) is 3.67. The molecule has 2 rings (SSSR count). The Morgan fingerprint density at radius 3 is 1.89 bits per heavy atom. The molecule has 0 bridgehead atoms. The number of ketones is 1. The predicted octanol–water partition coefficient (Wildman–Crippen LogP) is 2.60. The maximum absolute atomic E-state index is 13.2. The van der Waals surface area contributed by atoms with Crippen LogP contribution in [-0.4, -0.2) is 52.9 Å². The second kappa shape index (κ2) is 15.1. The Bertz CT molecular complexity index is 1090. The molecule has 0 fully saturated rings. The molecule has 2 aromatic carbocycles. The summed E-state index contributed by atoms with van der Waals surface area (Å²) in [7, 11) is 0. The quantitative estimate of drug-likeness (QED) is 0.277. The summed E-state index contributed by atoms with van der Waals surface area (Å²) in [5.74, 6) is -4.03. The lowest BCUT2D eigenvalue weighted by Gasteiger charge is -2.23. The molecule has 0 aliphatic heterocycles. The number of carboxylic acids is 1. The van der Waals surface area contributed by atoms with Gasteiger partial charge in [-0.05, 0) is 29.9 Å². The molecule has 0 aliphatic carbocycles. The normalized spacial score (nSPS) is 13.1. The van der Waals surface area contributed by atoms with Crippen molar-refractivity contribution in [2.24, 2.45) is 5.92 Å². The molecule has 3 atom stereocenters. The van der Waals surface area contributed by atoms with Gasteiger partial charge in [-0.15, -0.1) is 0 Å². The van der Waals surface area contributed by atoms with Gasteiger partial charge in [0.15, 0.2) is 0 Å². The van der Waals surface area contributed by atoms with Crippen LogP contribution in [0.3, 0.4) is 0 Å². The highest BCUT2D eigenvalue weighted by molar-refractivity contribution is 6.38. The zero-order chi connectivity index (χ0) is 28.1. The molecular weight excluding hydrogens is 490 g/mol. The van der Waals surface area contributed by atoms with Gasteiger partial charge in [0.05, 0.1) is 6.04 Å². The molecule has 38 heavy (non-hydrogen) atoms. The molecule has 10 heteroatoms. The van der Waals surface area contributed by atoms with E-state index >= 15 is 0 Å². The summed E-state index contributed by atoms with van der Waals surface area (Å²) < 4.78 is 5.24. The standard InChI is InChI=1S/C28H35N3O7/c1-4-21(24(32)26(34)30-23(27(35)36)15-18(2)3)29-25(33)22(16-19-11-7-5-8-12-19)31-28(37)38-17-20-13-9-6-10-14-20/h5-14,18,21-23H,4,15-17H2,1-3H3,(H,29,33)(H,30,34)(H,31,37)(H,35,36)/t21?,22-,23-/m1/s1. The summed E-state index contributed by atoms with van der Waals surface area (Å²) in [6, 6.07) is 14.5. The maximum atomic E-state index is 13.2. The zero-order valence-electron chi connectivity index (χ0n) is 21.8. The van der Waals surface area contributed by atoms with Crippen molar-refractivity contribution >= 4 is 29.7 Å². The zero-order valence-corrected chi connectivity index (χ0v) is 21.8. The van der Waals surface area contributed by atoms with Crippen molar-refractivity contribution in [1.29, 1.82) is 0 Å². The number of carboxylic acid groups (broad SMARTS) is 1. The van der Waals surface area contributed by atoms with Gasteiger partial charge in [0.2, 0.25) is 11.7 Å². The number of amides is 3. The van der Waals surface area contributed by atoms with Crippen LogP contribution in [0.1, 0.15) is 44.7 Å². The number of rotatable bonds is 14. The maximum Gasteiger partial charge on any atom is 0.408 e. The number of aliphatic carboxylic acids is 1. The lowest BCUT2D eigenvalue weighted by molar-refractivity contribution is -0.145. The molecule has 1 unspecified atom stereocenters. The summed E-state index contributed by atoms with van der Waals surface area (Å²) >= 11 is 0. The van der Waals surface area contributed by atoms with E-state index in [1.807, 2.05) is 24.3 Å². The number of ether oxygens (including phenoxy) is 1. The third kappa shape index (κ3) is 10.0. The van der Waals surface area contributed by atoms with Crippen LogP contribution in [0, 0.1) is 5.92 Å². The Balaban J connectivity index is 2.09. The van der Waals surface area contributed by atoms with E-state index in [1.54, 1.807) is 57.2 Å². The second-order valence-corrected chi connectivity index (χ2v) is 9.28. The third-order valence-electron chi connectivity index (χ3n) is 5.68. The summed E-state index contributed by atoms with van der Waals surface area (Å²) in [5, 5.41) is 16.7. The van der Waals surface area contributed by atoms with Gasteiger partial charge in [-0.25, -0.2) is 9.59 Å². The smallest absolute Gasteiger partial charge is 0.408 e. The largest absolute Gasteiger partial charge is 0.480 e. The first-order valence-electron chi connectivity index (χ1n) is 12.5. The Kier molecular flexibility index (Phi) is 12.0. The van der Waals surface area contributed by atoms with Gasteiger partial charge in [-0.2, -0.15) is 0 Å². The van der Waals surface area contributed by atoms with Crippen molar-refractivity contribution in [3.05, 3.63) is 71.8 Å². The van der Waals surface area contributed by atoms with E-state index in [1.165, 1.54) is 0 Å². The van der Waals surface area contributed by atoms with E-state index in [4.69, 9.17) is 4.74 Å². The first-order chi connectivity index (χ1) is 18.1. The minimum Gasteiger partial charge on any atom is -0.480 e. The SMILES string of the molecule is CCC(NC(=O)[C@@H](Cc1ccccc1)NC(=O)OCc1ccccc1)C(=O)C(=O)N[C@H](CC(C)C)C(=O)O. The second-order valence-electron chi connectivity index (χ2n) is 9.28. The summed E-state index contributed by atoms with van der Waals surface area (Å²) in [5.41, 5.74) is 1.53. The van der Waals surface area contributed by atoms with Gasteiger partial charge in [0, 0.05) is 6.42 Å². The molecule has 0 saturated heterocycles. The molecule has 0 aliphatic rings. The number of carbonyl (C=O) groups is 5. The third-order valence-corrected chi connectivity index (χ3v) is 5.68. The van der Waals surface area contributed by atoms with Crippen LogP contribution in [-0.2, 0) is 36.9 Å². The Morgan fingerprint density at radius 2 is 1.37 bits per heavy atom. The lowest BCUT2D eigenvalue weighted by atomic mass is 10.0. The highest BCUT2D eigenvalue weighted by Crippen LogP contribution is 2.08. The van der Waals surface area contributed by atoms with Crippen molar-refractivity contribution < 1.29 is 33.8 Å². The lowest BCUT2D eigenvalue weighted by Crippen LogP contribution is -2.55. The number of benzene rings is 2. The van der Waals surface area contributed by atoms with Gasteiger partial charge in [0.1, 0.15) is 18.7 Å². The van der Waals surface area contributed by atoms with Crippen molar-refractivity contribution in [1.82, 2.24) is 16.0 Å². The molecule has 4 N–H and O–H groups in total. The molecule has 0 aromatic heterocycles. The highest BCUT2D eigenvalue weighted by atomic mass is 16.5. The minimum absolute atomic E-state index is 0.00368. The number of alkyl carbamates (subject to hydrolysis) is 1. The number of hydrogen-bond acceptors (Lipinski definition) is 6. The van der Waals surface area contributed by atoms with Gasteiger partial charge in [-0.1, -0.05) is 81.4 Å². The van der Waals surface area contributed by atoms with Crippen LogP contribution in [0.4, 0.5) is 4.79 Å². The van der Waals surface area contributed by atoms with Crippen molar-refractivity contribution in [2.75, 3.05) is 0 Å². The summed E-state index contributed by atoms with van der Waals surface area (Å²) in [6.07, 6.45) is -0.485. The van der Waals surface area contributed by atoms with Gasteiger partial charge >= 0.3 is 12.1 Å². The van der Waals surface area contributed by atoms with E-state index in [2.05, 4.69) is 16.0 Å². The summed E-state index contributed by atoms with van der Waals surface area (Å²) in [6.45, 7) is 5.20. The average Bonchev–Trinajstić information content (AvgIpc) is 2.90. The first-order valence-corrected chi connectivity index (χ1v) is 12.5. The monoisotopic (exact) mass is 525 g/mol. The van der Waals surface area contributed by atoms with Crippen LogP contribution in [0.15, 0.2) is 60.7 Å². The van der Waals surface area contributed by atoms with Crippen molar-refractivity contribution in [3.8, 4) is 0 Å².